The molecule has 1 aliphatic carbocycles. The third kappa shape index (κ3) is 4.17. The van der Waals surface area contributed by atoms with Crippen molar-refractivity contribution in [3.8, 4) is 0 Å². The van der Waals surface area contributed by atoms with E-state index in [1.54, 1.807) is 10.7 Å². The van der Waals surface area contributed by atoms with Gasteiger partial charge in [-0.1, -0.05) is 30.2 Å². The zero-order valence-electron chi connectivity index (χ0n) is 19.9. The highest BCUT2D eigenvalue weighted by Crippen LogP contribution is 2.51. The highest BCUT2D eigenvalue weighted by molar-refractivity contribution is 6.34. The summed E-state index contributed by atoms with van der Waals surface area (Å²) in [4.78, 5) is 23.7. The monoisotopic (exact) mass is 494 g/mol. The molecule has 35 heavy (non-hydrogen) atoms. The number of morpholine rings is 1. The summed E-state index contributed by atoms with van der Waals surface area (Å²) in [5, 5.41) is 5.49. The van der Waals surface area contributed by atoms with Gasteiger partial charge in [0.2, 0.25) is 5.91 Å². The van der Waals surface area contributed by atoms with Crippen molar-refractivity contribution in [3.05, 3.63) is 59.0 Å². The number of halogens is 1. The quantitative estimate of drug-likeness (QED) is 0.543. The zero-order chi connectivity index (χ0) is 23.8. The molecule has 3 aliphatic rings. The van der Waals surface area contributed by atoms with Crippen molar-refractivity contribution < 1.29 is 9.53 Å². The highest BCUT2D eigenvalue weighted by atomic mass is 35.5. The Morgan fingerprint density at radius 3 is 2.43 bits per heavy atom. The van der Waals surface area contributed by atoms with Gasteiger partial charge in [-0.3, -0.25) is 9.69 Å². The normalized spacial score (nSPS) is 20.7. The fourth-order valence-electron chi connectivity index (χ4n) is 5.61. The fourth-order valence-corrected chi connectivity index (χ4v) is 5.97. The summed E-state index contributed by atoms with van der Waals surface area (Å²) >= 11 is 6.76. The lowest BCUT2D eigenvalue weighted by molar-refractivity contribution is -0.133. The van der Waals surface area contributed by atoms with Crippen molar-refractivity contribution in [3.63, 3.8) is 0 Å². The topological polar surface area (TPSA) is 66.2 Å². The van der Waals surface area contributed by atoms with Crippen LogP contribution in [0.15, 0.2) is 42.7 Å². The van der Waals surface area contributed by atoms with E-state index in [1.165, 1.54) is 17.7 Å². The number of ether oxygens (including phenoxy) is 1. The third-order valence-corrected chi connectivity index (χ3v) is 8.23. The van der Waals surface area contributed by atoms with Crippen molar-refractivity contribution in [2.24, 2.45) is 0 Å². The van der Waals surface area contributed by atoms with Gasteiger partial charge in [0.05, 0.1) is 25.5 Å². The van der Waals surface area contributed by atoms with E-state index in [0.29, 0.717) is 17.2 Å². The second-order valence-corrected chi connectivity index (χ2v) is 10.2. The molecule has 9 heteroatoms. The van der Waals surface area contributed by atoms with Crippen LogP contribution in [-0.2, 0) is 14.9 Å². The lowest BCUT2D eigenvalue weighted by Crippen LogP contribution is -2.52. The number of hydrogen-bond donors (Lipinski definition) is 0. The van der Waals surface area contributed by atoms with Crippen LogP contribution in [0.4, 0.5) is 5.69 Å². The summed E-state index contributed by atoms with van der Waals surface area (Å²) < 4.78 is 7.17. The summed E-state index contributed by atoms with van der Waals surface area (Å²) in [6, 6.07) is 10.8. The number of carbonyl (C=O) groups excluding carboxylic acids is 1. The van der Waals surface area contributed by atoms with Gasteiger partial charge in [-0.05, 0) is 36.6 Å². The Kier molecular flexibility index (Phi) is 6.12. The molecule has 1 saturated carbocycles. The van der Waals surface area contributed by atoms with Crippen LogP contribution in [0.1, 0.15) is 30.5 Å². The van der Waals surface area contributed by atoms with E-state index in [-0.39, 0.29) is 11.3 Å². The van der Waals surface area contributed by atoms with Gasteiger partial charge in [0.1, 0.15) is 5.02 Å². The average Bonchev–Trinajstić information content (AvgIpc) is 3.21. The molecule has 0 N–H and O–H groups in total. The number of benzene rings is 1. The fraction of sp³-hybridized carbons (Fsp3) is 0.500. The molecule has 1 aromatic carbocycles. The van der Waals surface area contributed by atoms with Crippen LogP contribution < -0.4 is 4.90 Å². The second-order valence-electron chi connectivity index (χ2n) is 9.79. The maximum atomic E-state index is 12.7. The number of fused-ring (bicyclic) bond motifs is 1. The molecule has 0 spiro atoms. The third-order valence-electron chi connectivity index (χ3n) is 7.88. The number of piperazine rings is 1. The number of anilines is 1. The van der Waals surface area contributed by atoms with Gasteiger partial charge < -0.3 is 14.5 Å². The maximum Gasteiger partial charge on any atom is 0.236 e. The lowest BCUT2D eigenvalue weighted by Gasteiger charge is -2.42. The molecular weight excluding hydrogens is 464 g/mol. The predicted molar refractivity (Wildman–Crippen MR) is 135 cm³/mol. The van der Waals surface area contributed by atoms with Crippen molar-refractivity contribution in [2.45, 2.75) is 24.7 Å². The number of aromatic nitrogens is 3. The second kappa shape index (κ2) is 9.41. The number of rotatable bonds is 5. The molecule has 2 aromatic heterocycles. The summed E-state index contributed by atoms with van der Waals surface area (Å²) in [6.07, 6.45) is 6.91. The summed E-state index contributed by atoms with van der Waals surface area (Å²) in [5.74, 6) is 0.229. The number of amides is 1. The molecule has 8 nitrogen and oxygen atoms in total. The minimum atomic E-state index is -0.145. The van der Waals surface area contributed by atoms with Crippen LogP contribution in [0.5, 0.6) is 0 Å². The molecule has 0 radical (unpaired) electrons. The van der Waals surface area contributed by atoms with Gasteiger partial charge in [-0.15, -0.1) is 0 Å². The molecule has 0 unspecified atom stereocenters. The smallest absolute Gasteiger partial charge is 0.236 e. The van der Waals surface area contributed by atoms with Crippen molar-refractivity contribution in [1.29, 1.82) is 0 Å². The first-order chi connectivity index (χ1) is 17.1. The van der Waals surface area contributed by atoms with Crippen LogP contribution in [0, 0.1) is 0 Å². The van der Waals surface area contributed by atoms with Gasteiger partial charge in [-0.2, -0.15) is 5.10 Å². The first kappa shape index (κ1) is 22.8. The Bertz CT molecular complexity index is 1190. The minimum Gasteiger partial charge on any atom is -0.379 e. The first-order valence-electron chi connectivity index (χ1n) is 12.6. The zero-order valence-corrected chi connectivity index (χ0v) is 20.7. The van der Waals surface area contributed by atoms with Gasteiger partial charge in [0.15, 0.2) is 5.65 Å². The molecule has 4 heterocycles. The largest absolute Gasteiger partial charge is 0.379 e. The standard InChI is InChI=1S/C26H31ClN6O2/c27-23-24(29-33-10-2-9-28-25(23)33)26(7-1-8-26)20-3-5-21(6-4-20)31-11-13-32(14-12-31)22(34)19-30-15-17-35-18-16-30/h2-6,9-10H,1,7-8,11-19H2. The molecule has 0 bridgehead atoms. The molecule has 2 aliphatic heterocycles. The van der Waals surface area contributed by atoms with Crippen molar-refractivity contribution in [1.82, 2.24) is 24.4 Å². The van der Waals surface area contributed by atoms with Gasteiger partial charge in [-0.25, -0.2) is 9.50 Å². The molecule has 2 saturated heterocycles. The molecule has 6 rings (SSSR count). The molecule has 3 aromatic rings. The summed E-state index contributed by atoms with van der Waals surface area (Å²) in [7, 11) is 0. The SMILES string of the molecule is O=C(CN1CCOCC1)N1CCN(c2ccc(C3(c4nn5cccnc5c4Cl)CCC3)cc2)CC1. The van der Waals surface area contributed by atoms with Crippen LogP contribution in [-0.4, -0.2) is 89.3 Å². The van der Waals surface area contributed by atoms with E-state index in [9.17, 15) is 4.79 Å². The molecule has 3 fully saturated rings. The van der Waals surface area contributed by atoms with E-state index in [2.05, 4.69) is 39.0 Å². The molecule has 0 atom stereocenters. The summed E-state index contributed by atoms with van der Waals surface area (Å²) in [6.45, 7) is 6.86. The Morgan fingerprint density at radius 1 is 1.03 bits per heavy atom. The van der Waals surface area contributed by atoms with E-state index >= 15 is 0 Å². The van der Waals surface area contributed by atoms with Gasteiger partial charge >= 0.3 is 0 Å². The minimum absolute atomic E-state index is 0.145. The Labute approximate surface area is 210 Å². The van der Waals surface area contributed by atoms with Crippen LogP contribution >= 0.6 is 11.6 Å². The first-order valence-corrected chi connectivity index (χ1v) is 12.9. The average molecular weight is 495 g/mol. The lowest BCUT2D eigenvalue weighted by atomic mass is 9.62. The van der Waals surface area contributed by atoms with Crippen molar-refractivity contribution in [2.75, 3.05) is 63.9 Å². The Balaban J connectivity index is 1.13. The number of nitrogens with zero attached hydrogens (tertiary/aromatic N) is 6. The van der Waals surface area contributed by atoms with Crippen molar-refractivity contribution >= 4 is 28.8 Å². The van der Waals surface area contributed by atoms with E-state index in [4.69, 9.17) is 21.4 Å². The molecule has 1 amide bonds. The molecular formula is C26H31ClN6O2. The maximum absolute atomic E-state index is 12.7. The van der Waals surface area contributed by atoms with Crippen LogP contribution in [0.25, 0.3) is 5.65 Å². The van der Waals surface area contributed by atoms with Gasteiger partial charge in [0, 0.05) is 62.8 Å². The van der Waals surface area contributed by atoms with E-state index in [1.807, 2.05) is 17.2 Å². The van der Waals surface area contributed by atoms with E-state index < -0.39 is 0 Å². The summed E-state index contributed by atoms with van der Waals surface area (Å²) in [5.41, 5.74) is 3.97. The Hall–Kier alpha value is -2.68. The van der Waals surface area contributed by atoms with Crippen LogP contribution in [0.3, 0.4) is 0 Å². The number of carbonyl (C=O) groups is 1. The van der Waals surface area contributed by atoms with Gasteiger partial charge in [0.25, 0.3) is 0 Å². The molecule has 184 valence electrons. The highest BCUT2D eigenvalue weighted by Gasteiger charge is 2.44. The Morgan fingerprint density at radius 2 is 1.77 bits per heavy atom. The van der Waals surface area contributed by atoms with E-state index in [0.717, 1.165) is 71.0 Å². The number of hydrogen-bond acceptors (Lipinski definition) is 6. The van der Waals surface area contributed by atoms with Crippen LogP contribution in [0.2, 0.25) is 5.02 Å². The predicted octanol–water partition coefficient (Wildman–Crippen LogP) is 2.83.